The SMILES string of the molecule is COC(=O)c1cccc(-c2ccc(-c3cc(C(F)(F)F)nn3-c3c(Cl)cccc3Cl)c(C)c2)c1. The van der Waals surface area contributed by atoms with Gasteiger partial charge in [0.05, 0.1) is 28.4 Å². The van der Waals surface area contributed by atoms with Gasteiger partial charge in [-0.15, -0.1) is 0 Å². The fourth-order valence-corrected chi connectivity index (χ4v) is 4.21. The van der Waals surface area contributed by atoms with Crippen LogP contribution in [-0.2, 0) is 10.9 Å². The predicted octanol–water partition coefficient (Wildman–Crippen LogP) is 7.63. The molecule has 1 heterocycles. The average molecular weight is 505 g/mol. The smallest absolute Gasteiger partial charge is 0.435 e. The molecule has 0 saturated heterocycles. The lowest BCUT2D eigenvalue weighted by atomic mass is 9.97. The highest BCUT2D eigenvalue weighted by Gasteiger charge is 2.36. The van der Waals surface area contributed by atoms with Gasteiger partial charge in [-0.2, -0.15) is 18.3 Å². The molecular weight excluding hydrogens is 488 g/mol. The maximum atomic E-state index is 13.6. The van der Waals surface area contributed by atoms with Crippen molar-refractivity contribution in [1.82, 2.24) is 9.78 Å². The van der Waals surface area contributed by atoms with Crippen LogP contribution in [-0.4, -0.2) is 22.9 Å². The minimum Gasteiger partial charge on any atom is -0.465 e. The lowest BCUT2D eigenvalue weighted by Gasteiger charge is -2.14. The van der Waals surface area contributed by atoms with Crippen molar-refractivity contribution in [2.24, 2.45) is 0 Å². The van der Waals surface area contributed by atoms with Gasteiger partial charge in [0.1, 0.15) is 5.69 Å². The second kappa shape index (κ2) is 9.16. The van der Waals surface area contributed by atoms with Gasteiger partial charge < -0.3 is 4.74 Å². The second-order valence-electron chi connectivity index (χ2n) is 7.50. The maximum Gasteiger partial charge on any atom is 0.435 e. The summed E-state index contributed by atoms with van der Waals surface area (Å²) >= 11 is 12.6. The zero-order valence-electron chi connectivity index (χ0n) is 18.0. The molecule has 0 saturated carbocycles. The number of benzene rings is 3. The number of rotatable bonds is 4. The molecule has 0 amide bonds. The Labute approximate surface area is 203 Å². The summed E-state index contributed by atoms with van der Waals surface area (Å²) in [6.45, 7) is 1.78. The maximum absolute atomic E-state index is 13.6. The molecule has 34 heavy (non-hydrogen) atoms. The number of aryl methyl sites for hydroxylation is 1. The number of methoxy groups -OCH3 is 1. The van der Waals surface area contributed by atoms with E-state index in [9.17, 15) is 18.0 Å². The molecule has 1 aromatic heterocycles. The number of para-hydroxylation sites is 1. The Balaban J connectivity index is 1.86. The molecule has 3 aromatic carbocycles. The first-order valence-electron chi connectivity index (χ1n) is 10.0. The molecule has 0 spiro atoms. The third-order valence-electron chi connectivity index (χ3n) is 5.27. The Morgan fingerprint density at radius 2 is 1.59 bits per heavy atom. The van der Waals surface area contributed by atoms with Gasteiger partial charge in [0.25, 0.3) is 0 Å². The number of carbonyl (C=O) groups is 1. The normalized spacial score (nSPS) is 11.5. The number of hydrogen-bond donors (Lipinski definition) is 0. The number of alkyl halides is 3. The Bertz CT molecular complexity index is 1380. The summed E-state index contributed by atoms with van der Waals surface area (Å²) in [7, 11) is 1.30. The van der Waals surface area contributed by atoms with Crippen molar-refractivity contribution >= 4 is 29.2 Å². The van der Waals surface area contributed by atoms with E-state index in [1.807, 2.05) is 12.1 Å². The Kier molecular flexibility index (Phi) is 6.43. The number of nitrogens with zero attached hydrogens (tertiary/aromatic N) is 2. The highest BCUT2D eigenvalue weighted by Crippen LogP contribution is 2.38. The quantitative estimate of drug-likeness (QED) is 0.268. The molecule has 0 aliphatic heterocycles. The third kappa shape index (κ3) is 4.54. The van der Waals surface area contributed by atoms with E-state index in [0.717, 1.165) is 21.9 Å². The van der Waals surface area contributed by atoms with E-state index in [-0.39, 0.29) is 21.4 Å². The second-order valence-corrected chi connectivity index (χ2v) is 8.31. The highest BCUT2D eigenvalue weighted by molar-refractivity contribution is 6.37. The minimum absolute atomic E-state index is 0.158. The lowest BCUT2D eigenvalue weighted by Crippen LogP contribution is -2.08. The first-order chi connectivity index (χ1) is 16.1. The van der Waals surface area contributed by atoms with E-state index in [0.29, 0.717) is 16.7 Å². The topological polar surface area (TPSA) is 44.1 Å². The summed E-state index contributed by atoms with van der Waals surface area (Å²) in [5.41, 5.74) is 2.43. The third-order valence-corrected chi connectivity index (χ3v) is 5.88. The zero-order chi connectivity index (χ0) is 24.6. The van der Waals surface area contributed by atoms with E-state index >= 15 is 0 Å². The Hall–Kier alpha value is -3.29. The molecule has 4 rings (SSSR count). The number of aromatic nitrogens is 2. The van der Waals surface area contributed by atoms with Crippen LogP contribution in [0.2, 0.25) is 10.0 Å². The van der Waals surface area contributed by atoms with E-state index in [4.69, 9.17) is 27.9 Å². The summed E-state index contributed by atoms with van der Waals surface area (Å²) in [6, 6.07) is 17.8. The fraction of sp³-hybridized carbons (Fsp3) is 0.120. The molecule has 0 N–H and O–H groups in total. The first kappa shape index (κ1) is 23.9. The summed E-state index contributed by atoms with van der Waals surface area (Å²) in [4.78, 5) is 11.9. The monoisotopic (exact) mass is 504 g/mol. The molecule has 9 heteroatoms. The largest absolute Gasteiger partial charge is 0.465 e. The molecule has 0 unspecified atom stereocenters. The van der Waals surface area contributed by atoms with Gasteiger partial charge in [0, 0.05) is 5.56 Å². The molecule has 0 radical (unpaired) electrons. The van der Waals surface area contributed by atoms with Crippen LogP contribution >= 0.6 is 23.2 Å². The van der Waals surface area contributed by atoms with Crippen molar-refractivity contribution in [1.29, 1.82) is 0 Å². The molecule has 174 valence electrons. The van der Waals surface area contributed by atoms with Gasteiger partial charge in [-0.05, 0) is 53.9 Å². The molecule has 0 aliphatic carbocycles. The van der Waals surface area contributed by atoms with Crippen LogP contribution in [0, 0.1) is 6.92 Å². The summed E-state index contributed by atoms with van der Waals surface area (Å²) < 4.78 is 46.5. The van der Waals surface area contributed by atoms with Crippen LogP contribution in [0.3, 0.4) is 0 Å². The highest BCUT2D eigenvalue weighted by atomic mass is 35.5. The van der Waals surface area contributed by atoms with Gasteiger partial charge in [-0.25, -0.2) is 9.48 Å². The van der Waals surface area contributed by atoms with E-state index in [2.05, 4.69) is 5.10 Å². The summed E-state index contributed by atoms with van der Waals surface area (Å²) in [6.07, 6.45) is -4.66. The van der Waals surface area contributed by atoms with Crippen molar-refractivity contribution in [2.75, 3.05) is 7.11 Å². The summed E-state index contributed by atoms with van der Waals surface area (Å²) in [5, 5.41) is 4.12. The van der Waals surface area contributed by atoms with Gasteiger partial charge in [-0.1, -0.05) is 59.6 Å². The van der Waals surface area contributed by atoms with Crippen LogP contribution in [0.15, 0.2) is 66.7 Å². The van der Waals surface area contributed by atoms with Gasteiger partial charge in [-0.3, -0.25) is 0 Å². The average Bonchev–Trinajstić information content (AvgIpc) is 3.23. The molecule has 4 nitrogen and oxygen atoms in total. The number of halogens is 5. The van der Waals surface area contributed by atoms with Crippen molar-refractivity contribution in [3.05, 3.63) is 93.6 Å². The van der Waals surface area contributed by atoms with Gasteiger partial charge >= 0.3 is 12.1 Å². The fourth-order valence-electron chi connectivity index (χ4n) is 3.65. The summed E-state index contributed by atoms with van der Waals surface area (Å²) in [5.74, 6) is -0.463. The van der Waals surface area contributed by atoms with Crippen molar-refractivity contribution in [3.63, 3.8) is 0 Å². The molecule has 0 atom stereocenters. The Morgan fingerprint density at radius 3 is 2.21 bits per heavy atom. The van der Waals surface area contributed by atoms with E-state index in [1.54, 1.807) is 43.3 Å². The minimum atomic E-state index is -4.66. The number of hydrogen-bond acceptors (Lipinski definition) is 3. The molecule has 4 aromatic rings. The van der Waals surface area contributed by atoms with Crippen molar-refractivity contribution in [2.45, 2.75) is 13.1 Å². The van der Waals surface area contributed by atoms with Gasteiger partial charge in [0.2, 0.25) is 0 Å². The molecule has 0 bridgehead atoms. The van der Waals surface area contributed by atoms with Crippen LogP contribution in [0.5, 0.6) is 0 Å². The zero-order valence-corrected chi connectivity index (χ0v) is 19.5. The van der Waals surface area contributed by atoms with Crippen molar-refractivity contribution in [3.8, 4) is 28.1 Å². The van der Waals surface area contributed by atoms with Crippen LogP contribution in [0.25, 0.3) is 28.1 Å². The van der Waals surface area contributed by atoms with Crippen molar-refractivity contribution < 1.29 is 22.7 Å². The van der Waals surface area contributed by atoms with Crippen LogP contribution in [0.1, 0.15) is 21.6 Å². The standard InChI is InChI=1S/C25H17Cl2F3N2O2/c1-14-11-16(15-5-3-6-17(12-15)24(33)34-2)9-10-18(14)21-13-22(25(28,29)30)31-32(21)23-19(26)7-4-8-20(23)27/h3-13H,1-2H3. The van der Waals surface area contributed by atoms with E-state index < -0.39 is 17.8 Å². The molecule has 0 fully saturated rings. The Morgan fingerprint density at radius 1 is 0.941 bits per heavy atom. The number of esters is 1. The molecule has 0 aliphatic rings. The van der Waals surface area contributed by atoms with Crippen LogP contribution in [0.4, 0.5) is 13.2 Å². The first-order valence-corrected chi connectivity index (χ1v) is 10.8. The number of carbonyl (C=O) groups excluding carboxylic acids is 1. The lowest BCUT2D eigenvalue weighted by molar-refractivity contribution is -0.141. The number of ether oxygens (including phenoxy) is 1. The van der Waals surface area contributed by atoms with Gasteiger partial charge in [0.15, 0.2) is 5.69 Å². The molecular formula is C25H17Cl2F3N2O2. The predicted molar refractivity (Wildman–Crippen MR) is 126 cm³/mol. The van der Waals surface area contributed by atoms with E-state index in [1.165, 1.54) is 19.2 Å². The van der Waals surface area contributed by atoms with Crippen LogP contribution < -0.4 is 0 Å².